The summed E-state index contributed by atoms with van der Waals surface area (Å²) in [6, 6.07) is 20.5. The van der Waals surface area contributed by atoms with Crippen LogP contribution in [0.4, 0.5) is 10.1 Å². The van der Waals surface area contributed by atoms with Gasteiger partial charge in [-0.05, 0) is 95.1 Å². The van der Waals surface area contributed by atoms with Crippen molar-refractivity contribution in [3.63, 3.8) is 0 Å². The molecular formula is C28H25FINO5. The highest BCUT2D eigenvalue weighted by molar-refractivity contribution is 14.1. The molecule has 1 amide bonds. The van der Waals surface area contributed by atoms with E-state index in [1.807, 2.05) is 24.3 Å². The number of hydrogen-bond acceptors (Lipinski definition) is 5. The molecule has 0 radical (unpaired) electrons. The van der Waals surface area contributed by atoms with E-state index in [1.165, 1.54) is 26.0 Å². The molecule has 1 aliphatic heterocycles. The number of nitrogens with zero attached hydrogens (tertiary/aromatic N) is 1. The molecule has 0 N–H and O–H groups in total. The lowest BCUT2D eigenvalue weighted by molar-refractivity contribution is -0.147. The summed E-state index contributed by atoms with van der Waals surface area (Å²) in [6.45, 7) is 2.67. The van der Waals surface area contributed by atoms with Gasteiger partial charge in [-0.25, -0.2) is 4.39 Å². The molecule has 186 valence electrons. The van der Waals surface area contributed by atoms with Crippen molar-refractivity contribution in [1.29, 1.82) is 0 Å². The van der Waals surface area contributed by atoms with Gasteiger partial charge >= 0.3 is 11.9 Å². The molecule has 1 heterocycles. The molecule has 3 aromatic carbocycles. The highest BCUT2D eigenvalue weighted by Crippen LogP contribution is 2.46. The van der Waals surface area contributed by atoms with E-state index in [0.717, 1.165) is 9.13 Å². The number of β-lactam (4-membered cyclic amide) rings is 1. The highest BCUT2D eigenvalue weighted by Gasteiger charge is 2.48. The van der Waals surface area contributed by atoms with Crippen LogP contribution in [0.3, 0.4) is 0 Å². The molecule has 1 aliphatic rings. The van der Waals surface area contributed by atoms with Gasteiger partial charge < -0.3 is 14.4 Å². The number of carbonyl (C=O) groups is 3. The molecule has 0 bridgehead atoms. The van der Waals surface area contributed by atoms with Crippen molar-refractivity contribution in [2.75, 3.05) is 4.90 Å². The van der Waals surface area contributed by atoms with E-state index < -0.39 is 18.0 Å². The average Bonchev–Trinajstić information content (AvgIpc) is 2.83. The van der Waals surface area contributed by atoms with Gasteiger partial charge in [-0.3, -0.25) is 14.4 Å². The lowest BCUT2D eigenvalue weighted by Crippen LogP contribution is -2.55. The molecule has 4 rings (SSSR count). The lowest BCUT2D eigenvalue weighted by Gasteiger charge is -2.48. The van der Waals surface area contributed by atoms with Crippen LogP contribution in [-0.2, 0) is 19.1 Å². The van der Waals surface area contributed by atoms with Crippen LogP contribution in [0.2, 0.25) is 0 Å². The summed E-state index contributed by atoms with van der Waals surface area (Å²) in [6.07, 6.45) is 0.319. The number of amides is 1. The molecule has 3 aromatic rings. The Morgan fingerprint density at radius 2 is 1.58 bits per heavy atom. The van der Waals surface area contributed by atoms with E-state index in [4.69, 9.17) is 9.47 Å². The number of anilines is 1. The Morgan fingerprint density at radius 1 is 0.944 bits per heavy atom. The Balaban J connectivity index is 1.57. The third kappa shape index (κ3) is 5.92. The SMILES string of the molecule is CC(=O)Oc1ccc(N2C(=O)C(CCC(OC(C)=O)c3ccc(F)cc3)C2c2ccc(I)cc2)cc1. The number of halogens is 2. The summed E-state index contributed by atoms with van der Waals surface area (Å²) in [7, 11) is 0. The first kappa shape index (κ1) is 25.8. The summed E-state index contributed by atoms with van der Waals surface area (Å²) in [5, 5.41) is 0. The Hall–Kier alpha value is -3.27. The van der Waals surface area contributed by atoms with Gasteiger partial charge in [-0.2, -0.15) is 0 Å². The maximum atomic E-state index is 13.4. The molecule has 3 atom stereocenters. The van der Waals surface area contributed by atoms with Crippen molar-refractivity contribution >= 4 is 46.1 Å². The normalized spacial score (nSPS) is 17.8. The Kier molecular flexibility index (Phi) is 8.03. The lowest BCUT2D eigenvalue weighted by atomic mass is 9.78. The molecule has 8 heteroatoms. The number of carbonyl (C=O) groups excluding carboxylic acids is 3. The topological polar surface area (TPSA) is 72.9 Å². The van der Waals surface area contributed by atoms with E-state index in [9.17, 15) is 18.8 Å². The molecule has 0 aromatic heterocycles. The zero-order chi connectivity index (χ0) is 25.8. The largest absolute Gasteiger partial charge is 0.458 e. The summed E-state index contributed by atoms with van der Waals surface area (Å²) in [5.74, 6) is -1.18. The predicted molar refractivity (Wildman–Crippen MR) is 141 cm³/mol. The Morgan fingerprint density at radius 3 is 2.17 bits per heavy atom. The van der Waals surface area contributed by atoms with Crippen molar-refractivity contribution in [3.8, 4) is 5.75 Å². The maximum Gasteiger partial charge on any atom is 0.308 e. The van der Waals surface area contributed by atoms with Crippen LogP contribution in [0.5, 0.6) is 5.75 Å². The van der Waals surface area contributed by atoms with Crippen LogP contribution in [-0.4, -0.2) is 17.8 Å². The Bertz CT molecular complexity index is 1240. The van der Waals surface area contributed by atoms with E-state index in [0.29, 0.717) is 29.8 Å². The maximum absolute atomic E-state index is 13.4. The van der Waals surface area contributed by atoms with Crippen LogP contribution >= 0.6 is 22.6 Å². The second-order valence-corrected chi connectivity index (χ2v) is 9.87. The number of benzene rings is 3. The fourth-order valence-corrected chi connectivity index (χ4v) is 4.86. The molecule has 6 nitrogen and oxygen atoms in total. The minimum atomic E-state index is -0.578. The van der Waals surface area contributed by atoms with Gasteiger partial charge in [0, 0.05) is 23.1 Å². The standard InChI is InChI=1S/C28H25FINO5/c1-17(32)35-24-13-11-23(12-14-24)31-27(20-5-9-22(30)10-6-20)25(28(31)34)15-16-26(36-18(2)33)19-3-7-21(29)8-4-19/h3-14,25-27H,15-16H2,1-2H3. The highest BCUT2D eigenvalue weighted by atomic mass is 127. The van der Waals surface area contributed by atoms with E-state index in [1.54, 1.807) is 41.3 Å². The monoisotopic (exact) mass is 601 g/mol. The first-order chi connectivity index (χ1) is 17.2. The van der Waals surface area contributed by atoms with Crippen LogP contribution in [0.1, 0.15) is 50.0 Å². The van der Waals surface area contributed by atoms with Crippen molar-refractivity contribution in [2.45, 2.75) is 38.8 Å². The van der Waals surface area contributed by atoms with Crippen molar-refractivity contribution in [3.05, 3.63) is 93.3 Å². The van der Waals surface area contributed by atoms with Crippen LogP contribution in [0.15, 0.2) is 72.8 Å². The zero-order valence-corrected chi connectivity index (χ0v) is 22.0. The van der Waals surface area contributed by atoms with Gasteiger partial charge in [0.15, 0.2) is 0 Å². The third-order valence-electron chi connectivity index (χ3n) is 6.09. The summed E-state index contributed by atoms with van der Waals surface area (Å²) >= 11 is 2.24. The summed E-state index contributed by atoms with van der Waals surface area (Å²) in [4.78, 5) is 38.1. The number of hydrogen-bond donors (Lipinski definition) is 0. The van der Waals surface area contributed by atoms with Crippen LogP contribution < -0.4 is 9.64 Å². The average molecular weight is 601 g/mol. The second-order valence-electron chi connectivity index (χ2n) is 8.63. The van der Waals surface area contributed by atoms with Gasteiger partial charge in [-0.1, -0.05) is 24.3 Å². The van der Waals surface area contributed by atoms with Gasteiger partial charge in [0.2, 0.25) is 5.91 Å². The van der Waals surface area contributed by atoms with Crippen LogP contribution in [0, 0.1) is 15.3 Å². The van der Waals surface area contributed by atoms with Gasteiger partial charge in [0.05, 0.1) is 12.0 Å². The summed E-state index contributed by atoms with van der Waals surface area (Å²) in [5.41, 5.74) is 2.38. The summed E-state index contributed by atoms with van der Waals surface area (Å²) < 4.78 is 25.1. The molecule has 1 fully saturated rings. The fraction of sp³-hybridized carbons (Fsp3) is 0.250. The van der Waals surface area contributed by atoms with Gasteiger partial charge in [0.1, 0.15) is 17.7 Å². The van der Waals surface area contributed by atoms with Gasteiger partial charge in [0.25, 0.3) is 0 Å². The fourth-order valence-electron chi connectivity index (χ4n) is 4.50. The Labute approximate surface area is 222 Å². The van der Waals surface area contributed by atoms with E-state index in [-0.39, 0.29) is 23.7 Å². The van der Waals surface area contributed by atoms with E-state index in [2.05, 4.69) is 22.6 Å². The number of ether oxygens (including phenoxy) is 2. The number of esters is 2. The third-order valence-corrected chi connectivity index (χ3v) is 6.81. The first-order valence-electron chi connectivity index (χ1n) is 11.5. The number of rotatable bonds is 8. The smallest absolute Gasteiger partial charge is 0.308 e. The van der Waals surface area contributed by atoms with Crippen LogP contribution in [0.25, 0.3) is 0 Å². The minimum Gasteiger partial charge on any atom is -0.458 e. The predicted octanol–water partition coefficient (Wildman–Crippen LogP) is 6.14. The molecule has 0 aliphatic carbocycles. The van der Waals surface area contributed by atoms with Crippen molar-refractivity contribution in [2.24, 2.45) is 5.92 Å². The molecular weight excluding hydrogens is 576 g/mol. The first-order valence-corrected chi connectivity index (χ1v) is 12.6. The second kappa shape index (κ2) is 11.2. The molecule has 0 saturated carbocycles. The molecule has 0 spiro atoms. The molecule has 1 saturated heterocycles. The minimum absolute atomic E-state index is 0.0422. The zero-order valence-electron chi connectivity index (χ0n) is 19.8. The molecule has 36 heavy (non-hydrogen) atoms. The van der Waals surface area contributed by atoms with E-state index >= 15 is 0 Å². The van der Waals surface area contributed by atoms with Gasteiger partial charge in [-0.15, -0.1) is 0 Å². The molecule has 3 unspecified atom stereocenters. The van der Waals surface area contributed by atoms with Crippen molar-refractivity contribution < 1.29 is 28.2 Å². The quantitative estimate of drug-likeness (QED) is 0.134. The van der Waals surface area contributed by atoms with Crippen molar-refractivity contribution in [1.82, 2.24) is 0 Å².